The molecule has 0 unspecified atom stereocenters. The quantitative estimate of drug-likeness (QED) is 0.736. The lowest BCUT2D eigenvalue weighted by molar-refractivity contribution is 1.06. The van der Waals surface area contributed by atoms with Crippen LogP contribution in [0.4, 0.5) is 0 Å². The van der Waals surface area contributed by atoms with Crippen LogP contribution in [0.15, 0.2) is 36.7 Å². The minimum atomic E-state index is 1.16. The van der Waals surface area contributed by atoms with E-state index in [-0.39, 0.29) is 0 Å². The van der Waals surface area contributed by atoms with Crippen LogP contribution >= 0.6 is 22.9 Å². The SMILES string of the molecule is Cc1ccc(-c2cnn(I)c2)cc1. The summed E-state index contributed by atoms with van der Waals surface area (Å²) in [5.74, 6) is 0. The lowest BCUT2D eigenvalue weighted by Gasteiger charge is -1.96. The molecule has 3 heteroatoms. The van der Waals surface area contributed by atoms with Gasteiger partial charge in [0.15, 0.2) is 0 Å². The molecule has 1 heterocycles. The second-order valence-electron chi connectivity index (χ2n) is 2.98. The Morgan fingerprint density at radius 1 is 1.15 bits per heavy atom. The zero-order chi connectivity index (χ0) is 9.26. The van der Waals surface area contributed by atoms with Crippen LogP contribution in [0.3, 0.4) is 0 Å². The molecule has 0 aliphatic heterocycles. The molecule has 66 valence electrons. The van der Waals surface area contributed by atoms with Crippen molar-refractivity contribution in [1.82, 2.24) is 7.99 Å². The van der Waals surface area contributed by atoms with Gasteiger partial charge < -0.3 is 0 Å². The fourth-order valence-electron chi connectivity index (χ4n) is 1.19. The van der Waals surface area contributed by atoms with Crippen LogP contribution in [0.25, 0.3) is 11.1 Å². The summed E-state index contributed by atoms with van der Waals surface area (Å²) in [6.45, 7) is 2.09. The van der Waals surface area contributed by atoms with E-state index < -0.39 is 0 Å². The molecule has 0 spiro atoms. The lowest BCUT2D eigenvalue weighted by atomic mass is 10.1. The number of benzene rings is 1. The van der Waals surface area contributed by atoms with Gasteiger partial charge in [0.25, 0.3) is 0 Å². The predicted octanol–water partition coefficient (Wildman–Crippen LogP) is 3.06. The molecule has 2 aromatic rings. The lowest BCUT2D eigenvalue weighted by Crippen LogP contribution is -1.75. The average Bonchev–Trinajstić information content (AvgIpc) is 2.53. The van der Waals surface area contributed by atoms with Gasteiger partial charge in [-0.05, 0) is 12.5 Å². The molecule has 0 saturated carbocycles. The molecule has 1 aromatic carbocycles. The van der Waals surface area contributed by atoms with Crippen LogP contribution < -0.4 is 0 Å². The fourth-order valence-corrected chi connectivity index (χ4v) is 1.62. The van der Waals surface area contributed by atoms with E-state index >= 15 is 0 Å². The van der Waals surface area contributed by atoms with Gasteiger partial charge in [-0.3, -0.25) is 0 Å². The van der Waals surface area contributed by atoms with Crippen LogP contribution in [-0.2, 0) is 0 Å². The van der Waals surface area contributed by atoms with Crippen molar-refractivity contribution in [3.8, 4) is 11.1 Å². The highest BCUT2D eigenvalue weighted by atomic mass is 127. The molecule has 1 aromatic heterocycles. The first kappa shape index (κ1) is 8.74. The molecule has 0 bridgehead atoms. The standard InChI is InChI=1S/C10H9IN2/c1-8-2-4-9(5-3-8)10-6-12-13(11)7-10/h2-7H,1H3. The highest BCUT2D eigenvalue weighted by molar-refractivity contribution is 14.1. The summed E-state index contributed by atoms with van der Waals surface area (Å²) in [5.41, 5.74) is 3.66. The van der Waals surface area contributed by atoms with Crippen LogP contribution in [0, 0.1) is 6.92 Å². The molecule has 0 N–H and O–H groups in total. The van der Waals surface area contributed by atoms with E-state index in [1.807, 2.05) is 12.4 Å². The zero-order valence-electron chi connectivity index (χ0n) is 7.24. The number of hydrogen-bond acceptors (Lipinski definition) is 1. The Morgan fingerprint density at radius 2 is 1.85 bits per heavy atom. The van der Waals surface area contributed by atoms with Crippen molar-refractivity contribution in [2.75, 3.05) is 0 Å². The molecule has 0 radical (unpaired) electrons. The molecule has 0 amide bonds. The Bertz CT molecular complexity index is 403. The van der Waals surface area contributed by atoms with E-state index in [9.17, 15) is 0 Å². The van der Waals surface area contributed by atoms with Gasteiger partial charge in [-0.1, -0.05) is 29.8 Å². The molecule has 2 rings (SSSR count). The van der Waals surface area contributed by atoms with Gasteiger partial charge in [0, 0.05) is 11.8 Å². The number of nitrogens with zero attached hydrogens (tertiary/aromatic N) is 2. The second-order valence-corrected chi connectivity index (χ2v) is 3.97. The Hall–Kier alpha value is -0.840. The fraction of sp³-hybridized carbons (Fsp3) is 0.100. The highest BCUT2D eigenvalue weighted by Crippen LogP contribution is 2.19. The molecule has 0 fully saturated rings. The van der Waals surface area contributed by atoms with Crippen LogP contribution in [0.5, 0.6) is 0 Å². The molecule has 0 aliphatic carbocycles. The van der Waals surface area contributed by atoms with Gasteiger partial charge >= 0.3 is 0 Å². The monoisotopic (exact) mass is 284 g/mol. The summed E-state index contributed by atoms with van der Waals surface area (Å²) in [6, 6.07) is 8.45. The molecule has 13 heavy (non-hydrogen) atoms. The average molecular weight is 284 g/mol. The van der Waals surface area contributed by atoms with Gasteiger partial charge in [0.05, 0.1) is 29.1 Å². The van der Waals surface area contributed by atoms with Gasteiger partial charge in [-0.15, -0.1) is 0 Å². The van der Waals surface area contributed by atoms with Crippen molar-refractivity contribution in [3.63, 3.8) is 0 Å². The van der Waals surface area contributed by atoms with E-state index in [0.29, 0.717) is 0 Å². The number of rotatable bonds is 1. The summed E-state index contributed by atoms with van der Waals surface area (Å²) < 4.78 is 1.78. The van der Waals surface area contributed by atoms with Crippen molar-refractivity contribution in [2.24, 2.45) is 0 Å². The van der Waals surface area contributed by atoms with Crippen LogP contribution in [-0.4, -0.2) is 7.99 Å². The third-order valence-electron chi connectivity index (χ3n) is 1.94. The molecular weight excluding hydrogens is 275 g/mol. The Kier molecular flexibility index (Phi) is 2.35. The third-order valence-corrected chi connectivity index (χ3v) is 2.47. The topological polar surface area (TPSA) is 17.8 Å². The van der Waals surface area contributed by atoms with E-state index in [2.05, 4.69) is 59.2 Å². The van der Waals surface area contributed by atoms with Gasteiger partial charge in [0.2, 0.25) is 0 Å². The number of hydrogen-bond donors (Lipinski definition) is 0. The highest BCUT2D eigenvalue weighted by Gasteiger charge is 1.98. The van der Waals surface area contributed by atoms with E-state index in [0.717, 1.165) is 5.56 Å². The summed E-state index contributed by atoms with van der Waals surface area (Å²) in [4.78, 5) is 0. The maximum atomic E-state index is 4.12. The Morgan fingerprint density at radius 3 is 2.38 bits per heavy atom. The van der Waals surface area contributed by atoms with E-state index in [4.69, 9.17) is 0 Å². The second kappa shape index (κ2) is 3.49. The first-order chi connectivity index (χ1) is 6.25. The van der Waals surface area contributed by atoms with Crippen molar-refractivity contribution in [1.29, 1.82) is 0 Å². The van der Waals surface area contributed by atoms with Crippen LogP contribution in [0.2, 0.25) is 0 Å². The van der Waals surface area contributed by atoms with Crippen molar-refractivity contribution in [3.05, 3.63) is 42.2 Å². The van der Waals surface area contributed by atoms with E-state index in [1.54, 1.807) is 2.90 Å². The van der Waals surface area contributed by atoms with Crippen molar-refractivity contribution < 1.29 is 0 Å². The summed E-state index contributed by atoms with van der Waals surface area (Å²) in [7, 11) is 0. The zero-order valence-corrected chi connectivity index (χ0v) is 9.39. The normalized spacial score (nSPS) is 10.3. The number of halogens is 1. The summed E-state index contributed by atoms with van der Waals surface area (Å²) in [5, 5.41) is 4.12. The maximum absolute atomic E-state index is 4.12. The Balaban J connectivity index is 2.41. The van der Waals surface area contributed by atoms with E-state index in [1.165, 1.54) is 11.1 Å². The van der Waals surface area contributed by atoms with Crippen LogP contribution in [0.1, 0.15) is 5.56 Å². The van der Waals surface area contributed by atoms with Gasteiger partial charge in [0.1, 0.15) is 0 Å². The largest absolute Gasteiger partial charge is 0.211 e. The Labute approximate surface area is 91.1 Å². The summed E-state index contributed by atoms with van der Waals surface area (Å²) >= 11 is 2.14. The first-order valence-corrected chi connectivity index (χ1v) is 5.00. The molecular formula is C10H9IN2. The number of aryl methyl sites for hydroxylation is 1. The third kappa shape index (κ3) is 1.91. The minimum absolute atomic E-state index is 1.16. The van der Waals surface area contributed by atoms with Crippen molar-refractivity contribution >= 4 is 22.9 Å². The smallest absolute Gasteiger partial charge is 0.0843 e. The maximum Gasteiger partial charge on any atom is 0.0843 e. The number of aromatic nitrogens is 2. The van der Waals surface area contributed by atoms with Gasteiger partial charge in [-0.2, -0.15) is 5.10 Å². The summed E-state index contributed by atoms with van der Waals surface area (Å²) in [6.07, 6.45) is 3.88. The first-order valence-electron chi connectivity index (χ1n) is 4.03. The van der Waals surface area contributed by atoms with Crippen molar-refractivity contribution in [2.45, 2.75) is 6.92 Å². The molecule has 0 saturated heterocycles. The van der Waals surface area contributed by atoms with Gasteiger partial charge in [-0.25, -0.2) is 2.90 Å². The molecule has 0 aliphatic rings. The predicted molar refractivity (Wildman–Crippen MR) is 61.8 cm³/mol. The molecule has 0 atom stereocenters. The molecule has 2 nitrogen and oxygen atoms in total. The minimum Gasteiger partial charge on any atom is -0.211 e.